The van der Waals surface area contributed by atoms with Crippen molar-refractivity contribution in [2.45, 2.75) is 50.7 Å². The van der Waals surface area contributed by atoms with Gasteiger partial charge in [0.05, 0.1) is 6.10 Å². The highest BCUT2D eigenvalue weighted by molar-refractivity contribution is 5.14. The third-order valence-electron chi connectivity index (χ3n) is 3.89. The van der Waals surface area contributed by atoms with Crippen LogP contribution >= 0.6 is 0 Å². The van der Waals surface area contributed by atoms with Gasteiger partial charge in [0.2, 0.25) is 0 Å². The first-order valence-electron chi connectivity index (χ1n) is 7.21. The van der Waals surface area contributed by atoms with Gasteiger partial charge < -0.3 is 10.1 Å². The number of hydrogen-bond acceptors (Lipinski definition) is 2. The van der Waals surface area contributed by atoms with E-state index in [1.807, 2.05) is 0 Å². The summed E-state index contributed by atoms with van der Waals surface area (Å²) in [5, 5.41) is 3.44. The van der Waals surface area contributed by atoms with Crippen molar-refractivity contribution in [1.29, 1.82) is 0 Å². The summed E-state index contributed by atoms with van der Waals surface area (Å²) in [5.74, 6) is 0. The number of rotatable bonds is 7. The van der Waals surface area contributed by atoms with Crippen LogP contribution in [0, 0.1) is 0 Å². The molecule has 2 heteroatoms. The monoisotopic (exact) mass is 247 g/mol. The zero-order valence-electron chi connectivity index (χ0n) is 11.4. The molecule has 0 aliphatic carbocycles. The fourth-order valence-corrected chi connectivity index (χ4v) is 2.68. The molecule has 1 saturated heterocycles. The van der Waals surface area contributed by atoms with Gasteiger partial charge in [-0.25, -0.2) is 0 Å². The Balaban J connectivity index is 1.68. The molecule has 2 nitrogen and oxygen atoms in total. The molecule has 1 aliphatic rings. The average molecular weight is 247 g/mol. The molecule has 0 aromatic heterocycles. The van der Waals surface area contributed by atoms with E-state index >= 15 is 0 Å². The largest absolute Gasteiger partial charge is 0.378 e. The second-order valence-corrected chi connectivity index (χ2v) is 5.22. The van der Waals surface area contributed by atoms with Crippen LogP contribution in [0.5, 0.6) is 0 Å². The van der Waals surface area contributed by atoms with Crippen molar-refractivity contribution < 1.29 is 4.74 Å². The van der Waals surface area contributed by atoms with Crippen molar-refractivity contribution >= 4 is 0 Å². The zero-order chi connectivity index (χ0) is 12.6. The van der Waals surface area contributed by atoms with Crippen LogP contribution in [0.4, 0.5) is 0 Å². The highest BCUT2D eigenvalue weighted by Gasteiger charge is 2.17. The van der Waals surface area contributed by atoms with Crippen molar-refractivity contribution in [3.05, 3.63) is 35.9 Å². The van der Waals surface area contributed by atoms with E-state index in [9.17, 15) is 0 Å². The van der Waals surface area contributed by atoms with Gasteiger partial charge >= 0.3 is 0 Å². The Kier molecular flexibility index (Phi) is 5.69. The lowest BCUT2D eigenvalue weighted by Gasteiger charge is -2.18. The van der Waals surface area contributed by atoms with Gasteiger partial charge in [0, 0.05) is 12.6 Å². The Labute approximate surface area is 111 Å². The van der Waals surface area contributed by atoms with Crippen LogP contribution in [0.2, 0.25) is 0 Å². The van der Waals surface area contributed by atoms with Crippen LogP contribution < -0.4 is 5.32 Å². The molecule has 2 atom stereocenters. The number of ether oxygens (including phenoxy) is 1. The maximum atomic E-state index is 5.68. The number of benzene rings is 1. The van der Waals surface area contributed by atoms with Crippen LogP contribution in [0.3, 0.4) is 0 Å². The second-order valence-electron chi connectivity index (χ2n) is 5.22. The molecule has 0 bridgehead atoms. The highest BCUT2D eigenvalue weighted by Crippen LogP contribution is 2.19. The third kappa shape index (κ3) is 4.43. The van der Waals surface area contributed by atoms with Crippen LogP contribution in [0.25, 0.3) is 0 Å². The fourth-order valence-electron chi connectivity index (χ4n) is 2.68. The Morgan fingerprint density at radius 1 is 1.28 bits per heavy atom. The van der Waals surface area contributed by atoms with Gasteiger partial charge in [0.25, 0.3) is 0 Å². The van der Waals surface area contributed by atoms with E-state index in [0.717, 1.165) is 13.0 Å². The lowest BCUT2D eigenvalue weighted by Crippen LogP contribution is -2.27. The quantitative estimate of drug-likeness (QED) is 0.799. The summed E-state index contributed by atoms with van der Waals surface area (Å²) in [4.78, 5) is 0. The van der Waals surface area contributed by atoms with Gasteiger partial charge in [-0.1, -0.05) is 30.3 Å². The molecule has 1 aromatic rings. The summed E-state index contributed by atoms with van der Waals surface area (Å²) >= 11 is 0. The van der Waals surface area contributed by atoms with E-state index in [1.54, 1.807) is 0 Å². The van der Waals surface area contributed by atoms with Crippen LogP contribution in [-0.2, 0) is 11.2 Å². The van der Waals surface area contributed by atoms with Gasteiger partial charge in [-0.15, -0.1) is 0 Å². The predicted octanol–water partition coefficient (Wildman–Crippen LogP) is 3.17. The molecule has 0 radical (unpaired) electrons. The molecule has 0 amide bonds. The van der Waals surface area contributed by atoms with E-state index in [2.05, 4.69) is 42.7 Å². The Morgan fingerprint density at radius 2 is 2.11 bits per heavy atom. The number of hydrogen-bond donors (Lipinski definition) is 1. The molecule has 0 spiro atoms. The minimum atomic E-state index is 0.526. The summed E-state index contributed by atoms with van der Waals surface area (Å²) in [6, 6.07) is 11.4. The Hall–Kier alpha value is -0.860. The van der Waals surface area contributed by atoms with Crippen LogP contribution in [0.15, 0.2) is 30.3 Å². The second kappa shape index (κ2) is 7.55. The molecular weight excluding hydrogens is 222 g/mol. The van der Waals surface area contributed by atoms with Gasteiger partial charge in [-0.2, -0.15) is 0 Å². The average Bonchev–Trinajstić information content (AvgIpc) is 2.93. The SMILES string of the molecule is CNC(CCc1ccccc1)CCC1CCCO1. The molecule has 1 N–H and O–H groups in total. The molecule has 100 valence electrons. The highest BCUT2D eigenvalue weighted by atomic mass is 16.5. The van der Waals surface area contributed by atoms with Crippen molar-refractivity contribution in [2.24, 2.45) is 0 Å². The number of aryl methyl sites for hydroxylation is 1. The maximum absolute atomic E-state index is 5.68. The molecule has 18 heavy (non-hydrogen) atoms. The van der Waals surface area contributed by atoms with E-state index < -0.39 is 0 Å². The lowest BCUT2D eigenvalue weighted by molar-refractivity contribution is 0.0995. The molecule has 1 aliphatic heterocycles. The Morgan fingerprint density at radius 3 is 2.78 bits per heavy atom. The third-order valence-corrected chi connectivity index (χ3v) is 3.89. The molecule has 0 saturated carbocycles. The Bertz CT molecular complexity index is 319. The van der Waals surface area contributed by atoms with E-state index in [4.69, 9.17) is 4.74 Å². The van der Waals surface area contributed by atoms with E-state index in [1.165, 1.54) is 37.7 Å². The summed E-state index contributed by atoms with van der Waals surface area (Å²) < 4.78 is 5.68. The van der Waals surface area contributed by atoms with Crippen molar-refractivity contribution in [2.75, 3.05) is 13.7 Å². The topological polar surface area (TPSA) is 21.3 Å². The summed E-state index contributed by atoms with van der Waals surface area (Å²) in [7, 11) is 2.07. The first-order valence-corrected chi connectivity index (χ1v) is 7.21. The minimum absolute atomic E-state index is 0.526. The van der Waals surface area contributed by atoms with Crippen molar-refractivity contribution in [3.8, 4) is 0 Å². The predicted molar refractivity (Wildman–Crippen MR) is 75.8 cm³/mol. The molecule has 1 fully saturated rings. The van der Waals surface area contributed by atoms with Gasteiger partial charge in [-0.05, 0) is 51.1 Å². The summed E-state index contributed by atoms with van der Waals surface area (Å²) in [6.07, 6.45) is 7.85. The van der Waals surface area contributed by atoms with Gasteiger partial charge in [0.1, 0.15) is 0 Å². The van der Waals surface area contributed by atoms with Crippen LogP contribution in [0.1, 0.15) is 37.7 Å². The first kappa shape index (κ1) is 13.6. The molecule has 1 aromatic carbocycles. The van der Waals surface area contributed by atoms with Crippen LogP contribution in [-0.4, -0.2) is 25.8 Å². The minimum Gasteiger partial charge on any atom is -0.378 e. The fraction of sp³-hybridized carbons (Fsp3) is 0.625. The smallest absolute Gasteiger partial charge is 0.0576 e. The van der Waals surface area contributed by atoms with Crippen molar-refractivity contribution in [3.63, 3.8) is 0 Å². The number of nitrogens with one attached hydrogen (secondary N) is 1. The molecule has 2 rings (SSSR count). The standard InChI is InChI=1S/C16H25NO/c1-17-15(11-12-16-8-5-13-18-16)10-9-14-6-3-2-4-7-14/h2-4,6-7,15-17H,5,8-13H2,1H3. The van der Waals surface area contributed by atoms with E-state index in [-0.39, 0.29) is 0 Å². The summed E-state index contributed by atoms with van der Waals surface area (Å²) in [5.41, 5.74) is 1.44. The molecule has 2 unspecified atom stereocenters. The van der Waals surface area contributed by atoms with Gasteiger partial charge in [0.15, 0.2) is 0 Å². The first-order chi connectivity index (χ1) is 8.88. The lowest BCUT2D eigenvalue weighted by atomic mass is 9.99. The zero-order valence-corrected chi connectivity index (χ0v) is 11.4. The van der Waals surface area contributed by atoms with E-state index in [0.29, 0.717) is 12.1 Å². The maximum Gasteiger partial charge on any atom is 0.0576 e. The normalized spacial score (nSPS) is 21.1. The van der Waals surface area contributed by atoms with Crippen molar-refractivity contribution in [1.82, 2.24) is 5.32 Å². The summed E-state index contributed by atoms with van der Waals surface area (Å²) in [6.45, 7) is 0.971. The molecular formula is C16H25NO. The van der Waals surface area contributed by atoms with Gasteiger partial charge in [-0.3, -0.25) is 0 Å². The molecule has 1 heterocycles.